The molecule has 1 saturated heterocycles. The first kappa shape index (κ1) is 32.2. The molecule has 3 heterocycles. The summed E-state index contributed by atoms with van der Waals surface area (Å²) in [7, 11) is 1.54. The molecule has 0 bridgehead atoms. The number of aromatic amines is 1. The number of aryl methyl sites for hydroxylation is 2. The number of hydrogen-bond donors (Lipinski definition) is 4. The number of benzene rings is 1. The van der Waals surface area contributed by atoms with Crippen molar-refractivity contribution in [1.82, 2.24) is 25.9 Å². The van der Waals surface area contributed by atoms with Gasteiger partial charge in [-0.05, 0) is 68.9 Å². The smallest absolute Gasteiger partial charge is 0.340 e. The van der Waals surface area contributed by atoms with Crippen LogP contribution in [-0.4, -0.2) is 71.8 Å². The van der Waals surface area contributed by atoms with Crippen LogP contribution < -0.4 is 20.7 Å². The Labute approximate surface area is 255 Å². The molecular formula is C32H39N5O7. The molecule has 1 aliphatic heterocycles. The second-order valence-electron chi connectivity index (χ2n) is 11.5. The zero-order chi connectivity index (χ0) is 32.0. The van der Waals surface area contributed by atoms with Crippen LogP contribution in [0.3, 0.4) is 0 Å². The zero-order valence-electron chi connectivity index (χ0n) is 25.6. The molecule has 1 aliphatic rings. The van der Waals surface area contributed by atoms with Gasteiger partial charge in [-0.25, -0.2) is 4.79 Å². The first-order chi connectivity index (χ1) is 21.0. The van der Waals surface area contributed by atoms with Crippen molar-refractivity contribution in [3.05, 3.63) is 59.0 Å². The molecule has 3 amide bonds. The van der Waals surface area contributed by atoms with Gasteiger partial charge in [-0.1, -0.05) is 19.9 Å². The minimum absolute atomic E-state index is 0.0236. The number of amides is 3. The molecule has 3 aromatic rings. The Kier molecular flexibility index (Phi) is 10.4. The second-order valence-corrected chi connectivity index (χ2v) is 11.5. The van der Waals surface area contributed by atoms with Gasteiger partial charge in [0.2, 0.25) is 11.8 Å². The van der Waals surface area contributed by atoms with E-state index in [-0.39, 0.29) is 29.5 Å². The Bertz CT molecular complexity index is 1540. The Morgan fingerprint density at radius 1 is 1.09 bits per heavy atom. The fourth-order valence-electron chi connectivity index (χ4n) is 5.38. The van der Waals surface area contributed by atoms with Crippen LogP contribution in [0.25, 0.3) is 10.9 Å². The highest BCUT2D eigenvalue weighted by Crippen LogP contribution is 2.26. The van der Waals surface area contributed by atoms with Crippen LogP contribution in [0.4, 0.5) is 0 Å². The molecule has 0 spiro atoms. The number of carbonyl (C=O) groups is 5. The van der Waals surface area contributed by atoms with Crippen molar-refractivity contribution in [3.8, 4) is 5.75 Å². The monoisotopic (exact) mass is 605 g/mol. The number of carbonyl (C=O) groups excluding carboxylic acids is 5. The third kappa shape index (κ3) is 7.61. The molecular weight excluding hydrogens is 566 g/mol. The molecule has 0 unspecified atom stereocenters. The molecule has 4 rings (SSSR count). The molecule has 12 nitrogen and oxygen atoms in total. The number of aromatic nitrogens is 2. The number of rotatable bonds is 13. The molecule has 2 aromatic heterocycles. The van der Waals surface area contributed by atoms with Crippen LogP contribution in [0, 0.1) is 25.7 Å². The van der Waals surface area contributed by atoms with Gasteiger partial charge in [-0.15, -0.1) is 0 Å². The third-order valence-electron chi connectivity index (χ3n) is 7.70. The zero-order valence-corrected chi connectivity index (χ0v) is 25.6. The highest BCUT2D eigenvalue weighted by atomic mass is 16.5. The van der Waals surface area contributed by atoms with Crippen LogP contribution in [0.15, 0.2) is 36.5 Å². The second kappa shape index (κ2) is 14.2. The van der Waals surface area contributed by atoms with E-state index >= 15 is 0 Å². The van der Waals surface area contributed by atoms with Crippen molar-refractivity contribution in [2.75, 3.05) is 20.3 Å². The van der Waals surface area contributed by atoms with Crippen molar-refractivity contribution in [1.29, 1.82) is 0 Å². The Morgan fingerprint density at radius 3 is 2.52 bits per heavy atom. The summed E-state index contributed by atoms with van der Waals surface area (Å²) in [5.41, 5.74) is 2.34. The maximum absolute atomic E-state index is 13.6. The Morgan fingerprint density at radius 2 is 1.86 bits per heavy atom. The summed E-state index contributed by atoms with van der Waals surface area (Å²) in [5.74, 6) is -2.44. The lowest BCUT2D eigenvalue weighted by Gasteiger charge is -2.25. The minimum Gasteiger partial charge on any atom is -0.496 e. The molecule has 0 aliphatic carbocycles. The van der Waals surface area contributed by atoms with Crippen LogP contribution >= 0.6 is 0 Å². The van der Waals surface area contributed by atoms with Crippen LogP contribution in [0.2, 0.25) is 0 Å². The number of fused-ring (bicyclic) bond motifs is 1. The van der Waals surface area contributed by atoms with Crippen molar-refractivity contribution < 1.29 is 33.4 Å². The van der Waals surface area contributed by atoms with Crippen molar-refractivity contribution in [2.45, 2.75) is 59.0 Å². The number of H-pyrrole nitrogens is 1. The highest BCUT2D eigenvalue weighted by molar-refractivity contribution is 6.02. The quantitative estimate of drug-likeness (QED) is 0.216. The highest BCUT2D eigenvalue weighted by Gasteiger charge is 2.34. The SMILES string of the molecule is COc1cccc2[nH]c(C(=O)N[C@@H](CC(C)C)C(=O)N[C@@H](C[C@@H]3CCNC3=O)C(=O)COC(=O)c3c(C)ccnc3C)cc12. The lowest BCUT2D eigenvalue weighted by atomic mass is 9.95. The number of Topliss-reactive ketones (excluding diaryl/α,β-unsaturated/α-hetero) is 1. The number of nitrogens with one attached hydrogen (secondary N) is 4. The summed E-state index contributed by atoms with van der Waals surface area (Å²) in [5, 5.41) is 8.99. The van der Waals surface area contributed by atoms with Crippen LogP contribution in [0.1, 0.15) is 65.2 Å². The van der Waals surface area contributed by atoms with E-state index in [1.165, 1.54) is 0 Å². The van der Waals surface area contributed by atoms with Gasteiger partial charge in [0.05, 0.1) is 24.4 Å². The van der Waals surface area contributed by atoms with Crippen LogP contribution in [0.5, 0.6) is 5.75 Å². The number of hydrogen-bond acceptors (Lipinski definition) is 8. The Balaban J connectivity index is 1.50. The number of methoxy groups -OCH3 is 1. The van der Waals surface area contributed by atoms with Gasteiger partial charge in [0.15, 0.2) is 12.4 Å². The average molecular weight is 606 g/mol. The van der Waals surface area contributed by atoms with Gasteiger partial charge >= 0.3 is 5.97 Å². The van der Waals surface area contributed by atoms with E-state index in [1.54, 1.807) is 51.4 Å². The molecule has 1 fully saturated rings. The fraction of sp³-hybridized carbons (Fsp3) is 0.438. The molecule has 0 saturated carbocycles. The van der Waals surface area contributed by atoms with Crippen molar-refractivity contribution in [2.24, 2.45) is 11.8 Å². The summed E-state index contributed by atoms with van der Waals surface area (Å²) in [6.45, 7) is 7.09. The summed E-state index contributed by atoms with van der Waals surface area (Å²) in [6, 6.07) is 6.61. The summed E-state index contributed by atoms with van der Waals surface area (Å²) in [4.78, 5) is 72.6. The summed E-state index contributed by atoms with van der Waals surface area (Å²) >= 11 is 0. The number of nitrogens with zero attached hydrogens (tertiary/aromatic N) is 1. The van der Waals surface area contributed by atoms with Crippen LogP contribution in [-0.2, 0) is 19.1 Å². The van der Waals surface area contributed by atoms with E-state index in [2.05, 4.69) is 25.9 Å². The summed E-state index contributed by atoms with van der Waals surface area (Å²) < 4.78 is 10.7. The molecule has 4 N–H and O–H groups in total. The standard InChI is InChI=1S/C32H39N5O7/c1-17(2)13-24(37-31(41)25-15-21-22(35-25)7-6-8-27(21)43-5)30(40)36-23(14-20-10-12-34-29(20)39)26(38)16-44-32(42)28-18(3)9-11-33-19(28)4/h6-9,11,15,17,20,23-24,35H,10,12-14,16H2,1-5H3,(H,34,39)(H,36,40)(H,37,41)/t20-,23-,24-/m0/s1. The Hall–Kier alpha value is -4.74. The van der Waals surface area contributed by atoms with E-state index in [0.717, 1.165) is 5.39 Å². The number of ether oxygens (including phenoxy) is 2. The number of esters is 1. The predicted octanol–water partition coefficient (Wildman–Crippen LogP) is 2.77. The molecule has 0 radical (unpaired) electrons. The van der Waals surface area contributed by atoms with Gasteiger partial charge in [0.25, 0.3) is 5.91 Å². The molecule has 12 heteroatoms. The van der Waals surface area contributed by atoms with E-state index in [4.69, 9.17) is 9.47 Å². The molecule has 1 aromatic carbocycles. The van der Waals surface area contributed by atoms with Gasteiger partial charge in [0.1, 0.15) is 17.5 Å². The molecule has 234 valence electrons. The van der Waals surface area contributed by atoms with Gasteiger partial charge in [-0.2, -0.15) is 0 Å². The largest absolute Gasteiger partial charge is 0.496 e. The first-order valence-corrected chi connectivity index (χ1v) is 14.6. The number of ketones is 1. The van der Waals surface area contributed by atoms with E-state index < -0.39 is 48.2 Å². The maximum Gasteiger partial charge on any atom is 0.340 e. The van der Waals surface area contributed by atoms with Gasteiger partial charge in [-0.3, -0.25) is 24.2 Å². The van der Waals surface area contributed by atoms with Crippen molar-refractivity contribution >= 4 is 40.4 Å². The van der Waals surface area contributed by atoms with Gasteiger partial charge in [0, 0.05) is 29.6 Å². The summed E-state index contributed by atoms with van der Waals surface area (Å²) in [6.07, 6.45) is 2.40. The molecule has 3 atom stereocenters. The van der Waals surface area contributed by atoms with E-state index in [0.29, 0.717) is 41.9 Å². The minimum atomic E-state index is -1.12. The fourth-order valence-corrected chi connectivity index (χ4v) is 5.38. The first-order valence-electron chi connectivity index (χ1n) is 14.6. The average Bonchev–Trinajstić information content (AvgIpc) is 3.60. The number of pyridine rings is 1. The lowest BCUT2D eigenvalue weighted by molar-refractivity contribution is -0.131. The third-order valence-corrected chi connectivity index (χ3v) is 7.70. The topological polar surface area (TPSA) is 169 Å². The maximum atomic E-state index is 13.6. The molecule has 44 heavy (non-hydrogen) atoms. The predicted molar refractivity (Wildman–Crippen MR) is 162 cm³/mol. The lowest BCUT2D eigenvalue weighted by Crippen LogP contribution is -2.53. The van der Waals surface area contributed by atoms with Crippen molar-refractivity contribution in [3.63, 3.8) is 0 Å². The normalized spacial score (nSPS) is 15.9. The van der Waals surface area contributed by atoms with E-state index in [1.807, 2.05) is 19.9 Å². The van der Waals surface area contributed by atoms with E-state index in [9.17, 15) is 24.0 Å². The van der Waals surface area contributed by atoms with Gasteiger partial charge < -0.3 is 30.4 Å².